The van der Waals surface area contributed by atoms with Crippen LogP contribution >= 0.6 is 335 Å². The van der Waals surface area contributed by atoms with E-state index in [-0.39, 0.29) is 1490 Å². The molecule has 0 atom stereocenters. The summed E-state index contributed by atoms with van der Waals surface area (Å²) >= 11 is 0. The van der Waals surface area contributed by atoms with Crippen LogP contribution in [0, 0.1) is 0 Å². The first-order valence-electron chi connectivity index (χ1n) is 0. The molecule has 0 aromatic carbocycles. The minimum absolute atomic E-state index is 0. The van der Waals surface area contributed by atoms with E-state index in [9.17, 15) is 0 Å². The van der Waals surface area contributed by atoms with E-state index in [1.165, 1.54) is 0 Å². The molecule has 0 aliphatic rings. The van der Waals surface area contributed by atoms with Crippen molar-refractivity contribution in [2.45, 2.75) is 0 Å². The summed E-state index contributed by atoms with van der Waals surface area (Å²) in [7, 11) is 0. The second-order valence-corrected chi connectivity index (χ2v) is 0. The van der Waals surface area contributed by atoms with Gasteiger partial charge in [0.1, 0.15) is 0 Å². The average molecular weight is 2200 g/mol. The molecule has 77 heavy (non-hydrogen) atoms. The smallest absolute Gasteiger partial charge is 0.147 e. The normalized spacial score (nSPS) is 0. The van der Waals surface area contributed by atoms with Crippen LogP contribution in [-0.4, -0.2) is 1150 Å². The van der Waals surface area contributed by atoms with Crippen molar-refractivity contribution in [1.82, 2.24) is 0 Å². The molecule has 0 amide bonds. The maximum atomic E-state index is 0. The van der Waals surface area contributed by atoms with Gasteiger partial charge in [-0.25, -0.2) is 0 Å². The summed E-state index contributed by atoms with van der Waals surface area (Å²) in [4.78, 5) is 0. The molecule has 0 aromatic rings. The first-order valence-corrected chi connectivity index (χ1v) is 0. The number of hydrogen-bond donors (Lipinski definition) is 0. The summed E-state index contributed by atoms with van der Waals surface area (Å²) in [5.74, 6) is 0. The second-order valence-electron chi connectivity index (χ2n) is 0. The van der Waals surface area contributed by atoms with Crippen molar-refractivity contribution in [3.63, 3.8) is 0 Å². The zero-order valence-electron chi connectivity index (χ0n) is 46.4. The molecule has 0 aromatic heterocycles. The van der Waals surface area contributed by atoms with Crippen molar-refractivity contribution in [3.05, 3.63) is 0 Å². The molecule has 216 valence electrons. The van der Waals surface area contributed by atoms with Crippen LogP contribution in [0.2, 0.25) is 0 Å². The standard InChI is InChI=1S/27ClH.50Mg/h27*1H;;;;;;;;;;;;;;;;;;;;;;;;;;;;;;;;;;;;;;;;;;;;;;;;;;/q;;;;;;;;;;;;;;;;;;;;;;;;;;;50*+2. The molecule has 0 saturated heterocycles. The predicted molar refractivity (Wildman–Crippen MR) is 483 cm³/mol. The Balaban J connectivity index is 0. The Hall–Kier alpha value is 46.1. The van der Waals surface area contributed by atoms with Crippen molar-refractivity contribution in [2.75, 3.05) is 0 Å². The quantitative estimate of drug-likeness (QED) is 0.212. The Morgan fingerprint density at radius 3 is 0.0260 bits per heavy atom. The van der Waals surface area contributed by atoms with E-state index in [4.69, 9.17) is 0 Å². The first-order chi connectivity index (χ1) is 0. The third-order valence-corrected chi connectivity index (χ3v) is 0. The van der Waals surface area contributed by atoms with E-state index in [0.717, 1.165) is 0 Å². The molecular formula is H27Cl27Mg50+100. The van der Waals surface area contributed by atoms with Crippen LogP contribution < -0.4 is 0 Å². The van der Waals surface area contributed by atoms with Crippen LogP contribution in [0.25, 0.3) is 0 Å². The molecule has 0 saturated carbocycles. The van der Waals surface area contributed by atoms with Gasteiger partial charge < -0.3 is 0 Å². The third-order valence-electron chi connectivity index (χ3n) is 0. The third kappa shape index (κ3) is 828. The summed E-state index contributed by atoms with van der Waals surface area (Å²) in [5.41, 5.74) is 0. The van der Waals surface area contributed by atoms with E-state index in [1.54, 1.807) is 0 Å². The maximum Gasteiger partial charge on any atom is 2.00 e. The average Bonchev–Trinajstić information content (AvgIpc) is 0. The topological polar surface area (TPSA) is 0 Å². The number of hydrogen-bond acceptors (Lipinski definition) is 0. The molecule has 77 heteroatoms. The summed E-state index contributed by atoms with van der Waals surface area (Å²) in [6.07, 6.45) is 0. The second kappa shape index (κ2) is 842. The Bertz CT molecular complexity index is 72.0. The van der Waals surface area contributed by atoms with E-state index < -0.39 is 0 Å². The Kier molecular flexibility index (Phi) is 9430. The van der Waals surface area contributed by atoms with Crippen molar-refractivity contribution in [3.8, 4) is 0 Å². The van der Waals surface area contributed by atoms with Gasteiger partial charge in [-0.15, -0.1) is 335 Å². The molecule has 0 radical (unpaired) electrons. The van der Waals surface area contributed by atoms with Crippen LogP contribution in [0.5, 0.6) is 0 Å². The van der Waals surface area contributed by atoms with E-state index in [1.807, 2.05) is 0 Å². The molecule has 0 heterocycles. The zero-order valence-corrected chi connectivity index (χ0v) is 139. The Labute approximate surface area is 1440 Å². The van der Waals surface area contributed by atoms with Crippen molar-refractivity contribution >= 4 is 1490 Å². The molecule has 0 fully saturated rings. The predicted octanol–water partition coefficient (Wildman–Crippen LogP) is -7.65. The Morgan fingerprint density at radius 2 is 0.0260 bits per heavy atom. The van der Waals surface area contributed by atoms with Crippen molar-refractivity contribution < 1.29 is 0 Å². The summed E-state index contributed by atoms with van der Waals surface area (Å²) in [5, 5.41) is 0. The summed E-state index contributed by atoms with van der Waals surface area (Å²) in [6, 6.07) is 0. The number of halogens is 27. The van der Waals surface area contributed by atoms with Gasteiger partial charge in [0.05, 0.1) is 0 Å². The molecule has 0 nitrogen and oxygen atoms in total. The van der Waals surface area contributed by atoms with Crippen molar-refractivity contribution in [1.29, 1.82) is 0 Å². The first kappa shape index (κ1) is 863. The Morgan fingerprint density at radius 1 is 0.0260 bits per heavy atom. The van der Waals surface area contributed by atoms with Gasteiger partial charge in [0, 0.05) is 0 Å². The minimum Gasteiger partial charge on any atom is -0.147 e. The minimum atomic E-state index is 0. The van der Waals surface area contributed by atoms with Gasteiger partial charge in [-0.1, -0.05) is 0 Å². The summed E-state index contributed by atoms with van der Waals surface area (Å²) < 4.78 is 0. The van der Waals surface area contributed by atoms with E-state index in [0.29, 0.717) is 0 Å². The van der Waals surface area contributed by atoms with Crippen LogP contribution in [0.4, 0.5) is 0 Å². The molecule has 0 aliphatic carbocycles. The summed E-state index contributed by atoms with van der Waals surface area (Å²) in [6.45, 7) is 0. The number of rotatable bonds is 0. The molecule has 0 unspecified atom stereocenters. The molecule has 0 N–H and O–H groups in total. The van der Waals surface area contributed by atoms with Gasteiger partial charge in [-0.05, 0) is 0 Å². The van der Waals surface area contributed by atoms with Crippen LogP contribution in [-0.2, 0) is 0 Å². The fourth-order valence-corrected chi connectivity index (χ4v) is 0. The fourth-order valence-electron chi connectivity index (χ4n) is 0. The maximum absolute atomic E-state index is 0. The van der Waals surface area contributed by atoms with Gasteiger partial charge in [0.2, 0.25) is 0 Å². The molecule has 0 aliphatic heterocycles. The van der Waals surface area contributed by atoms with Gasteiger partial charge in [-0.2, -0.15) is 0 Å². The monoisotopic (exact) mass is 2170 g/mol. The molecule has 0 bridgehead atoms. The molecule has 0 spiro atoms. The van der Waals surface area contributed by atoms with Crippen molar-refractivity contribution in [2.24, 2.45) is 0 Å². The largest absolute Gasteiger partial charge is 2.00 e. The van der Waals surface area contributed by atoms with E-state index >= 15 is 0 Å². The zero-order chi connectivity index (χ0) is 0. The fraction of sp³-hybridized carbons (Fsp3) is 0. The van der Waals surface area contributed by atoms with Gasteiger partial charge in [0.25, 0.3) is 0 Å². The van der Waals surface area contributed by atoms with Gasteiger partial charge in [0.15, 0.2) is 0 Å². The van der Waals surface area contributed by atoms with Gasteiger partial charge >= 0.3 is 1150 Å². The molecule has 0 rings (SSSR count). The van der Waals surface area contributed by atoms with Crippen LogP contribution in [0.15, 0.2) is 0 Å². The van der Waals surface area contributed by atoms with E-state index in [2.05, 4.69) is 0 Å². The SMILES string of the molecule is Cl.Cl.Cl.Cl.Cl.Cl.Cl.Cl.Cl.Cl.Cl.Cl.Cl.Cl.Cl.Cl.Cl.Cl.Cl.Cl.Cl.Cl.Cl.Cl.Cl.Cl.Cl.[Mg+2].[Mg+2].[Mg+2].[Mg+2].[Mg+2].[Mg+2].[Mg+2].[Mg+2].[Mg+2].[Mg+2].[Mg+2].[Mg+2].[Mg+2].[Mg+2].[Mg+2].[Mg+2].[Mg+2].[Mg+2].[Mg+2].[Mg+2].[Mg+2].[Mg+2].[Mg+2].[Mg+2].[Mg+2].[Mg+2].[Mg+2].[Mg+2].[Mg+2].[Mg+2].[Mg+2].[Mg+2].[Mg+2].[Mg+2].[Mg+2].[Mg+2].[Mg+2].[Mg+2].[Mg+2].[Mg+2].[Mg+2].[Mg+2].[Mg+2].[Mg+2].[Mg+2].[Mg+2].[Mg+2].[Mg+2].[Mg+2].[Mg+2]. The van der Waals surface area contributed by atoms with Gasteiger partial charge in [-0.3, -0.25) is 0 Å². The van der Waals surface area contributed by atoms with Crippen LogP contribution in [0.3, 0.4) is 0 Å². The van der Waals surface area contributed by atoms with Crippen LogP contribution in [0.1, 0.15) is 0 Å². The molecular weight excluding hydrogens is 2170 g/mol.